The van der Waals surface area contributed by atoms with E-state index >= 15 is 0 Å². The van der Waals surface area contributed by atoms with Crippen molar-refractivity contribution in [3.63, 3.8) is 0 Å². The van der Waals surface area contributed by atoms with Crippen molar-refractivity contribution in [1.82, 2.24) is 0 Å². The number of fused-ring (bicyclic) bond motifs is 3. The minimum Gasteiger partial charge on any atom is -0.508 e. The van der Waals surface area contributed by atoms with E-state index in [0.29, 0.717) is 40.0 Å². The topological polar surface area (TPSA) is 132 Å². The summed E-state index contributed by atoms with van der Waals surface area (Å²) >= 11 is 0. The predicted octanol–water partition coefficient (Wildman–Crippen LogP) is 8.14. The maximum absolute atomic E-state index is 12.9. The molecule has 0 bridgehead atoms. The van der Waals surface area contributed by atoms with Crippen molar-refractivity contribution in [3.05, 3.63) is 136 Å². The van der Waals surface area contributed by atoms with Crippen LogP contribution >= 0.6 is 0 Å². The smallest absolute Gasteiger partial charge is 0.348 e. The number of ether oxygens (including phenoxy) is 3. The van der Waals surface area contributed by atoms with E-state index in [-0.39, 0.29) is 45.9 Å². The van der Waals surface area contributed by atoms with Crippen LogP contribution in [-0.4, -0.2) is 41.6 Å². The fourth-order valence-corrected chi connectivity index (χ4v) is 5.96. The Balaban J connectivity index is 0.000000226. The molecular formula is C42H40O9. The first-order chi connectivity index (χ1) is 24.3. The molecule has 1 aliphatic heterocycles. The number of carbonyl (C=O) groups is 2. The molecule has 0 saturated heterocycles. The summed E-state index contributed by atoms with van der Waals surface area (Å²) in [5.41, 5.74) is 3.21. The quantitative estimate of drug-likeness (QED) is 0.107. The van der Waals surface area contributed by atoms with Crippen LogP contribution in [0.2, 0.25) is 0 Å². The van der Waals surface area contributed by atoms with Gasteiger partial charge < -0.3 is 28.8 Å². The number of hydrogen-bond donors (Lipinski definition) is 2. The van der Waals surface area contributed by atoms with Gasteiger partial charge in [0.2, 0.25) is 5.78 Å². The largest absolute Gasteiger partial charge is 0.508 e. The average Bonchev–Trinajstić information content (AvgIpc) is 3.09. The average molecular weight is 689 g/mol. The van der Waals surface area contributed by atoms with Crippen molar-refractivity contribution in [3.8, 4) is 34.1 Å². The third-order valence-corrected chi connectivity index (χ3v) is 8.48. The lowest BCUT2D eigenvalue weighted by molar-refractivity contribution is -0.117. The van der Waals surface area contributed by atoms with E-state index in [1.807, 2.05) is 70.2 Å². The van der Waals surface area contributed by atoms with Crippen molar-refractivity contribution < 1.29 is 38.4 Å². The molecule has 2 aliphatic rings. The molecule has 1 aliphatic carbocycles. The summed E-state index contributed by atoms with van der Waals surface area (Å²) < 4.78 is 22.6. The molecule has 0 amide bonds. The molecule has 1 aromatic heterocycles. The Morgan fingerprint density at radius 3 is 2.24 bits per heavy atom. The molecule has 1 atom stereocenters. The van der Waals surface area contributed by atoms with E-state index in [1.165, 1.54) is 38.5 Å². The van der Waals surface area contributed by atoms with E-state index in [2.05, 4.69) is 12.7 Å². The van der Waals surface area contributed by atoms with E-state index < -0.39 is 11.2 Å². The summed E-state index contributed by atoms with van der Waals surface area (Å²) in [5.74, 6) is 0.0576. The Bertz CT molecular complexity index is 2190. The van der Waals surface area contributed by atoms with Gasteiger partial charge in [-0.1, -0.05) is 60.2 Å². The molecule has 51 heavy (non-hydrogen) atoms. The highest BCUT2D eigenvalue weighted by Gasteiger charge is 2.32. The lowest BCUT2D eigenvalue weighted by Gasteiger charge is -2.31. The molecule has 3 aromatic carbocycles. The molecule has 0 radical (unpaired) electrons. The number of phenols is 1. The van der Waals surface area contributed by atoms with Gasteiger partial charge in [-0.05, 0) is 75.6 Å². The number of allylic oxidation sites excluding steroid dienone is 6. The van der Waals surface area contributed by atoms with Gasteiger partial charge in [-0.25, -0.2) is 4.79 Å². The number of rotatable bonds is 8. The van der Waals surface area contributed by atoms with Crippen LogP contribution in [0.25, 0.3) is 28.2 Å². The maximum atomic E-state index is 12.9. The highest BCUT2D eigenvalue weighted by molar-refractivity contribution is 6.19. The van der Waals surface area contributed by atoms with Gasteiger partial charge in [0, 0.05) is 23.1 Å². The number of ketones is 2. The summed E-state index contributed by atoms with van der Waals surface area (Å²) in [7, 11) is 2.89. The Kier molecular flexibility index (Phi) is 10.5. The van der Waals surface area contributed by atoms with E-state index in [4.69, 9.17) is 18.6 Å². The lowest BCUT2D eigenvalue weighted by atomic mass is 9.85. The van der Waals surface area contributed by atoms with E-state index in [0.717, 1.165) is 16.7 Å². The highest BCUT2D eigenvalue weighted by atomic mass is 16.5. The van der Waals surface area contributed by atoms with Gasteiger partial charge in [0.25, 0.3) is 0 Å². The first-order valence-corrected chi connectivity index (χ1v) is 16.3. The Morgan fingerprint density at radius 2 is 1.63 bits per heavy atom. The second kappa shape index (κ2) is 14.8. The van der Waals surface area contributed by atoms with Gasteiger partial charge in [0.05, 0.1) is 19.8 Å². The molecular weight excluding hydrogens is 648 g/mol. The van der Waals surface area contributed by atoms with Gasteiger partial charge in [0.1, 0.15) is 39.5 Å². The minimum atomic E-state index is -0.694. The molecule has 0 fully saturated rings. The zero-order chi connectivity index (χ0) is 37.0. The van der Waals surface area contributed by atoms with Crippen molar-refractivity contribution in [1.29, 1.82) is 0 Å². The number of benzene rings is 3. The molecule has 2 heterocycles. The molecule has 0 spiro atoms. The van der Waals surface area contributed by atoms with E-state index in [1.54, 1.807) is 18.2 Å². The van der Waals surface area contributed by atoms with Crippen molar-refractivity contribution >= 4 is 28.6 Å². The van der Waals surface area contributed by atoms with Crippen molar-refractivity contribution in [2.45, 2.75) is 45.6 Å². The van der Waals surface area contributed by atoms with Crippen LogP contribution in [0.1, 0.15) is 50.3 Å². The van der Waals surface area contributed by atoms with Gasteiger partial charge >= 0.3 is 5.63 Å². The van der Waals surface area contributed by atoms with Crippen LogP contribution in [0.5, 0.6) is 23.0 Å². The zero-order valence-corrected chi connectivity index (χ0v) is 29.4. The highest BCUT2D eigenvalue weighted by Crippen LogP contribution is 2.49. The maximum Gasteiger partial charge on any atom is 0.348 e. The Morgan fingerprint density at radius 1 is 0.941 bits per heavy atom. The first kappa shape index (κ1) is 36.2. The molecule has 0 saturated carbocycles. The number of carbonyl (C=O) groups excluding carboxylic acids is 2. The SMILES string of the molecule is C=CC(C1=CC(=O)C(OC)=CC1=O)c1ccccc1.COc1c(CC=C(C)C)c2c(c3oc(=O)c(-c4ccc(O)cc4)c(O)c13)C=CC(C)(C)O2. The zero-order valence-electron chi connectivity index (χ0n) is 29.4. The monoisotopic (exact) mass is 688 g/mol. The summed E-state index contributed by atoms with van der Waals surface area (Å²) in [5, 5.41) is 21.2. The Hall–Kier alpha value is -6.09. The van der Waals surface area contributed by atoms with Gasteiger partial charge in [-0.2, -0.15) is 0 Å². The lowest BCUT2D eigenvalue weighted by Crippen LogP contribution is -2.28. The van der Waals surface area contributed by atoms with Crippen LogP contribution in [0.3, 0.4) is 0 Å². The summed E-state index contributed by atoms with van der Waals surface area (Å²) in [6.45, 7) is 11.6. The second-order valence-electron chi connectivity index (χ2n) is 12.8. The summed E-state index contributed by atoms with van der Waals surface area (Å²) in [6, 6.07) is 15.5. The normalized spacial score (nSPS) is 14.9. The number of hydrogen-bond acceptors (Lipinski definition) is 9. The minimum absolute atomic E-state index is 0.00458. The summed E-state index contributed by atoms with van der Waals surface area (Å²) in [4.78, 5) is 36.8. The third-order valence-electron chi connectivity index (χ3n) is 8.48. The molecule has 9 nitrogen and oxygen atoms in total. The molecule has 262 valence electrons. The molecule has 2 N–H and O–H groups in total. The van der Waals surface area contributed by atoms with Gasteiger partial charge in [-0.3, -0.25) is 9.59 Å². The fraction of sp³-hybridized carbons (Fsp3) is 0.214. The van der Waals surface area contributed by atoms with Crippen LogP contribution in [0, 0.1) is 0 Å². The van der Waals surface area contributed by atoms with Crippen molar-refractivity contribution in [2.75, 3.05) is 14.2 Å². The molecule has 9 heteroatoms. The van der Waals surface area contributed by atoms with E-state index in [9.17, 15) is 24.6 Å². The van der Waals surface area contributed by atoms with Crippen LogP contribution < -0.4 is 15.1 Å². The molecule has 1 unspecified atom stereocenters. The standard InChI is InChI=1S/C26H26O6.C16H14O3/c1-14(2)6-11-17-22-18(12-13-26(3,4)32-22)24-20(23(17)30-5)21(28)19(25(29)31-24)15-7-9-16(27)10-8-15;1-3-12(11-7-5-4-6-8-11)13-9-15(18)16(19-2)10-14(13)17/h6-10,12-13,27-28H,11H2,1-5H3;3-10,12H,1H2,2H3. The Labute approximate surface area is 296 Å². The molecule has 6 rings (SSSR count). The third kappa shape index (κ3) is 7.43. The van der Waals surface area contributed by atoms with Crippen LogP contribution in [-0.2, 0) is 20.7 Å². The number of methoxy groups -OCH3 is 2. The second-order valence-corrected chi connectivity index (χ2v) is 12.8. The van der Waals surface area contributed by atoms with Crippen molar-refractivity contribution in [2.24, 2.45) is 0 Å². The van der Waals surface area contributed by atoms with Gasteiger partial charge in [0.15, 0.2) is 17.1 Å². The number of phenolic OH excluding ortho intramolecular Hbond substituents is 1. The molecule has 4 aromatic rings. The number of aromatic hydroxyl groups is 2. The van der Waals surface area contributed by atoms with Crippen LogP contribution in [0.15, 0.2) is 118 Å². The van der Waals surface area contributed by atoms with Gasteiger partial charge in [-0.15, -0.1) is 6.58 Å². The fourth-order valence-electron chi connectivity index (χ4n) is 5.96. The first-order valence-electron chi connectivity index (χ1n) is 16.3. The predicted molar refractivity (Wildman–Crippen MR) is 197 cm³/mol. The summed E-state index contributed by atoms with van der Waals surface area (Å²) in [6.07, 6.45) is 10.5. The van der Waals surface area contributed by atoms with Crippen LogP contribution in [0.4, 0.5) is 0 Å².